The predicted octanol–water partition coefficient (Wildman–Crippen LogP) is 2.95. The quantitative estimate of drug-likeness (QED) is 0.652. The van der Waals surface area contributed by atoms with Crippen LogP contribution >= 0.6 is 0 Å². The van der Waals surface area contributed by atoms with Gasteiger partial charge in [0, 0.05) is 5.54 Å². The lowest BCUT2D eigenvalue weighted by Gasteiger charge is -2.31. The minimum atomic E-state index is -0.304. The highest BCUT2D eigenvalue weighted by atomic mass is 16.3. The number of aliphatic hydroxyl groups is 1. The van der Waals surface area contributed by atoms with Gasteiger partial charge in [-0.15, -0.1) is 0 Å². The van der Waals surface area contributed by atoms with E-state index in [1.807, 2.05) is 6.92 Å². The van der Waals surface area contributed by atoms with E-state index >= 15 is 0 Å². The lowest BCUT2D eigenvalue weighted by Crippen LogP contribution is -2.49. The molecule has 2 atom stereocenters. The summed E-state index contributed by atoms with van der Waals surface area (Å²) in [6, 6.07) is 0. The Morgan fingerprint density at radius 3 is 2.27 bits per heavy atom. The predicted molar refractivity (Wildman–Crippen MR) is 67.1 cm³/mol. The van der Waals surface area contributed by atoms with Gasteiger partial charge >= 0.3 is 0 Å². The van der Waals surface area contributed by atoms with Gasteiger partial charge in [-0.3, -0.25) is 0 Å². The molecule has 0 aromatic carbocycles. The standard InChI is InChI=1S/C13H29NO/c1-6-8-9-12(7-2)10-14-13(4,5)11(3)15/h11-12,14-15H,6-10H2,1-5H3. The average Bonchev–Trinajstić information content (AvgIpc) is 2.18. The van der Waals surface area contributed by atoms with Gasteiger partial charge in [-0.1, -0.05) is 33.1 Å². The van der Waals surface area contributed by atoms with Gasteiger partial charge in [0.1, 0.15) is 0 Å². The second-order valence-corrected chi connectivity index (χ2v) is 5.20. The Kier molecular flexibility index (Phi) is 7.20. The highest BCUT2D eigenvalue weighted by Gasteiger charge is 2.23. The summed E-state index contributed by atoms with van der Waals surface area (Å²) in [5.41, 5.74) is -0.167. The number of aliphatic hydroxyl groups excluding tert-OH is 1. The van der Waals surface area contributed by atoms with Gasteiger partial charge in [-0.2, -0.15) is 0 Å². The lowest BCUT2D eigenvalue weighted by atomic mass is 9.94. The molecule has 0 aliphatic heterocycles. The minimum Gasteiger partial charge on any atom is -0.392 e. The summed E-state index contributed by atoms with van der Waals surface area (Å²) in [4.78, 5) is 0. The summed E-state index contributed by atoms with van der Waals surface area (Å²) in [6.07, 6.45) is 4.81. The van der Waals surface area contributed by atoms with Crippen LogP contribution in [0.15, 0.2) is 0 Å². The summed E-state index contributed by atoms with van der Waals surface area (Å²) >= 11 is 0. The van der Waals surface area contributed by atoms with Crippen LogP contribution in [0.4, 0.5) is 0 Å². The molecule has 0 saturated carbocycles. The van der Waals surface area contributed by atoms with Crippen molar-refractivity contribution in [3.05, 3.63) is 0 Å². The normalized spacial score (nSPS) is 16.4. The molecule has 0 rings (SSSR count). The largest absolute Gasteiger partial charge is 0.392 e. The van der Waals surface area contributed by atoms with Crippen LogP contribution in [0.3, 0.4) is 0 Å². The molecule has 0 heterocycles. The van der Waals surface area contributed by atoms with E-state index in [-0.39, 0.29) is 11.6 Å². The number of hydrogen-bond donors (Lipinski definition) is 2. The Morgan fingerprint density at radius 1 is 1.27 bits per heavy atom. The highest BCUT2D eigenvalue weighted by molar-refractivity contribution is 4.83. The van der Waals surface area contributed by atoms with Crippen molar-refractivity contribution in [1.82, 2.24) is 5.32 Å². The monoisotopic (exact) mass is 215 g/mol. The molecule has 2 nitrogen and oxygen atoms in total. The first-order chi connectivity index (χ1) is 6.94. The summed E-state index contributed by atoms with van der Waals surface area (Å²) in [7, 11) is 0. The van der Waals surface area contributed by atoms with E-state index in [4.69, 9.17) is 0 Å². The molecule has 2 N–H and O–H groups in total. The zero-order chi connectivity index (χ0) is 11.9. The Labute approximate surface area is 95.5 Å². The van der Waals surface area contributed by atoms with Crippen LogP contribution in [-0.4, -0.2) is 23.3 Å². The van der Waals surface area contributed by atoms with Crippen LogP contribution in [0.1, 0.15) is 60.3 Å². The van der Waals surface area contributed by atoms with E-state index in [0.29, 0.717) is 0 Å². The number of rotatable bonds is 8. The molecule has 92 valence electrons. The number of nitrogens with one attached hydrogen (secondary N) is 1. The van der Waals surface area contributed by atoms with E-state index in [2.05, 4.69) is 33.0 Å². The van der Waals surface area contributed by atoms with Crippen molar-refractivity contribution in [3.63, 3.8) is 0 Å². The third-order valence-corrected chi connectivity index (χ3v) is 3.43. The van der Waals surface area contributed by atoms with E-state index in [9.17, 15) is 5.11 Å². The Morgan fingerprint density at radius 2 is 1.87 bits per heavy atom. The molecule has 2 unspecified atom stereocenters. The van der Waals surface area contributed by atoms with Gasteiger partial charge in [0.05, 0.1) is 6.10 Å². The van der Waals surface area contributed by atoms with Crippen molar-refractivity contribution in [3.8, 4) is 0 Å². The first-order valence-corrected chi connectivity index (χ1v) is 6.37. The van der Waals surface area contributed by atoms with Crippen LogP contribution < -0.4 is 5.32 Å². The summed E-state index contributed by atoms with van der Waals surface area (Å²) < 4.78 is 0. The Balaban J connectivity index is 3.88. The zero-order valence-electron chi connectivity index (χ0n) is 11.1. The van der Waals surface area contributed by atoms with Crippen LogP contribution in [-0.2, 0) is 0 Å². The van der Waals surface area contributed by atoms with Crippen molar-refractivity contribution in [2.75, 3.05) is 6.54 Å². The van der Waals surface area contributed by atoms with Crippen molar-refractivity contribution >= 4 is 0 Å². The average molecular weight is 215 g/mol. The zero-order valence-corrected chi connectivity index (χ0v) is 11.1. The van der Waals surface area contributed by atoms with Gasteiger partial charge in [0.2, 0.25) is 0 Å². The maximum atomic E-state index is 9.58. The van der Waals surface area contributed by atoms with Gasteiger partial charge < -0.3 is 10.4 Å². The fraction of sp³-hybridized carbons (Fsp3) is 1.00. The molecule has 0 aromatic rings. The molecule has 0 spiro atoms. The highest BCUT2D eigenvalue weighted by Crippen LogP contribution is 2.14. The second kappa shape index (κ2) is 7.24. The van der Waals surface area contributed by atoms with Gasteiger partial charge in [0.15, 0.2) is 0 Å². The van der Waals surface area contributed by atoms with Crippen LogP contribution in [0.5, 0.6) is 0 Å². The SMILES string of the molecule is CCCCC(CC)CNC(C)(C)C(C)O. The van der Waals surface area contributed by atoms with E-state index < -0.39 is 0 Å². The molecule has 0 aliphatic carbocycles. The Bertz CT molecular complexity index is 155. The molecule has 0 aliphatic rings. The fourth-order valence-corrected chi connectivity index (χ4v) is 1.50. The molecule has 0 aromatic heterocycles. The van der Waals surface area contributed by atoms with Crippen LogP contribution in [0, 0.1) is 5.92 Å². The minimum absolute atomic E-state index is 0.167. The summed E-state index contributed by atoms with van der Waals surface area (Å²) in [5.74, 6) is 0.753. The lowest BCUT2D eigenvalue weighted by molar-refractivity contribution is 0.0929. The first kappa shape index (κ1) is 14.9. The van der Waals surface area contributed by atoms with Crippen molar-refractivity contribution < 1.29 is 5.11 Å². The number of unbranched alkanes of at least 4 members (excludes halogenated alkanes) is 1. The Hall–Kier alpha value is -0.0800. The van der Waals surface area contributed by atoms with Crippen LogP contribution in [0.25, 0.3) is 0 Å². The maximum absolute atomic E-state index is 9.58. The van der Waals surface area contributed by atoms with Gasteiger partial charge in [0.25, 0.3) is 0 Å². The topological polar surface area (TPSA) is 32.3 Å². The molecular weight excluding hydrogens is 186 g/mol. The molecule has 0 fully saturated rings. The smallest absolute Gasteiger partial charge is 0.0688 e. The molecule has 2 heteroatoms. The van der Waals surface area contributed by atoms with Gasteiger partial charge in [-0.05, 0) is 39.7 Å². The van der Waals surface area contributed by atoms with Crippen molar-refractivity contribution in [2.45, 2.75) is 71.9 Å². The molecular formula is C13H29NO. The summed E-state index contributed by atoms with van der Waals surface area (Å²) in [6.45, 7) is 11.5. The molecule has 0 bridgehead atoms. The number of hydrogen-bond acceptors (Lipinski definition) is 2. The molecule has 15 heavy (non-hydrogen) atoms. The van der Waals surface area contributed by atoms with Crippen molar-refractivity contribution in [1.29, 1.82) is 0 Å². The maximum Gasteiger partial charge on any atom is 0.0688 e. The summed E-state index contributed by atoms with van der Waals surface area (Å²) in [5, 5.41) is 13.0. The molecule has 0 radical (unpaired) electrons. The van der Waals surface area contributed by atoms with E-state index in [1.54, 1.807) is 0 Å². The third-order valence-electron chi connectivity index (χ3n) is 3.43. The van der Waals surface area contributed by atoms with E-state index in [0.717, 1.165) is 12.5 Å². The van der Waals surface area contributed by atoms with Crippen LogP contribution in [0.2, 0.25) is 0 Å². The van der Waals surface area contributed by atoms with Crippen molar-refractivity contribution in [2.24, 2.45) is 5.92 Å². The van der Waals surface area contributed by atoms with Gasteiger partial charge in [-0.25, -0.2) is 0 Å². The fourth-order valence-electron chi connectivity index (χ4n) is 1.50. The molecule has 0 amide bonds. The second-order valence-electron chi connectivity index (χ2n) is 5.20. The molecule has 0 saturated heterocycles. The third kappa shape index (κ3) is 6.16. The van der Waals surface area contributed by atoms with E-state index in [1.165, 1.54) is 25.7 Å². The first-order valence-electron chi connectivity index (χ1n) is 6.37.